The van der Waals surface area contributed by atoms with Crippen molar-refractivity contribution in [2.45, 2.75) is 32.1 Å². The molecule has 3 rings (SSSR count). The van der Waals surface area contributed by atoms with Gasteiger partial charge >= 0.3 is 5.97 Å². The first kappa shape index (κ1) is 18.0. The number of carbonyl (C=O) groups excluding carboxylic acids is 2. The number of H-pyrrole nitrogens is 1. The van der Waals surface area contributed by atoms with Crippen LogP contribution in [0.4, 0.5) is 0 Å². The molecule has 1 aromatic carbocycles. The van der Waals surface area contributed by atoms with Crippen molar-refractivity contribution in [2.75, 3.05) is 19.8 Å². The molecule has 1 aliphatic carbocycles. The van der Waals surface area contributed by atoms with Crippen molar-refractivity contribution in [2.24, 2.45) is 0 Å². The lowest BCUT2D eigenvalue weighted by atomic mass is 9.88. The van der Waals surface area contributed by atoms with Gasteiger partial charge < -0.3 is 14.8 Å². The molecule has 1 aromatic heterocycles. The first-order chi connectivity index (χ1) is 12.6. The Balaban J connectivity index is 1.36. The first-order valence-electron chi connectivity index (χ1n) is 8.78. The molecule has 0 spiro atoms. The first-order valence-corrected chi connectivity index (χ1v) is 8.78. The Labute approximate surface area is 152 Å². The van der Waals surface area contributed by atoms with Crippen molar-refractivity contribution in [3.63, 3.8) is 0 Å². The molecule has 0 radical (unpaired) electrons. The molecule has 2 N–H and O–H groups in total. The second kappa shape index (κ2) is 8.51. The Morgan fingerprint density at radius 3 is 3.12 bits per heavy atom. The lowest BCUT2D eigenvalue weighted by Crippen LogP contribution is -2.33. The van der Waals surface area contributed by atoms with Crippen LogP contribution in [0.15, 0.2) is 30.5 Å². The minimum Gasteiger partial charge on any atom is -0.492 e. The fourth-order valence-corrected chi connectivity index (χ4v) is 3.05. The summed E-state index contributed by atoms with van der Waals surface area (Å²) >= 11 is 0. The number of fused-ring (bicyclic) bond motifs is 1. The van der Waals surface area contributed by atoms with Crippen LogP contribution in [-0.4, -0.2) is 41.8 Å². The fourth-order valence-electron chi connectivity index (χ4n) is 3.05. The number of amides is 1. The molecular formula is C19H23N3O4. The van der Waals surface area contributed by atoms with Crippen molar-refractivity contribution in [3.8, 4) is 5.75 Å². The number of aromatic nitrogens is 2. The quantitative estimate of drug-likeness (QED) is 0.583. The summed E-state index contributed by atoms with van der Waals surface area (Å²) in [6.07, 6.45) is 4.28. The van der Waals surface area contributed by atoms with Crippen LogP contribution in [0.2, 0.25) is 0 Å². The summed E-state index contributed by atoms with van der Waals surface area (Å²) in [4.78, 5) is 24.1. The van der Waals surface area contributed by atoms with Crippen LogP contribution in [0.1, 0.15) is 35.6 Å². The van der Waals surface area contributed by atoms with E-state index in [2.05, 4.69) is 15.5 Å². The van der Waals surface area contributed by atoms with Gasteiger partial charge in [0.15, 0.2) is 6.61 Å². The van der Waals surface area contributed by atoms with E-state index in [1.54, 1.807) is 6.20 Å². The van der Waals surface area contributed by atoms with Crippen molar-refractivity contribution >= 4 is 11.9 Å². The number of esters is 1. The lowest BCUT2D eigenvalue weighted by molar-refractivity contribution is -0.150. The summed E-state index contributed by atoms with van der Waals surface area (Å²) < 4.78 is 10.7. The largest absolute Gasteiger partial charge is 0.492 e. The van der Waals surface area contributed by atoms with Crippen LogP contribution in [0.25, 0.3) is 0 Å². The number of hydrogen-bond acceptors (Lipinski definition) is 5. The summed E-state index contributed by atoms with van der Waals surface area (Å²) in [5.74, 6) is -0.328. The van der Waals surface area contributed by atoms with Gasteiger partial charge in [0.25, 0.3) is 5.91 Å². The van der Waals surface area contributed by atoms with E-state index in [1.807, 2.05) is 31.2 Å². The molecule has 1 unspecified atom stereocenters. The molecule has 0 saturated carbocycles. The maximum atomic E-state index is 12.2. The third kappa shape index (κ3) is 4.62. The van der Waals surface area contributed by atoms with Crippen molar-refractivity contribution in [3.05, 3.63) is 47.3 Å². The normalized spacial score (nSPS) is 15.8. The van der Waals surface area contributed by atoms with Gasteiger partial charge in [-0.15, -0.1) is 0 Å². The minimum absolute atomic E-state index is 0.288. The second-order valence-electron chi connectivity index (χ2n) is 6.38. The zero-order valence-electron chi connectivity index (χ0n) is 14.8. The lowest BCUT2D eigenvalue weighted by Gasteiger charge is -2.20. The van der Waals surface area contributed by atoms with Gasteiger partial charge in [0.1, 0.15) is 12.4 Å². The van der Waals surface area contributed by atoms with Crippen LogP contribution in [0.5, 0.6) is 5.75 Å². The van der Waals surface area contributed by atoms with Crippen LogP contribution in [0, 0.1) is 6.92 Å². The Kier molecular flexibility index (Phi) is 5.88. The smallest absolute Gasteiger partial charge is 0.315 e. The van der Waals surface area contributed by atoms with Gasteiger partial charge in [-0.25, -0.2) is 0 Å². The van der Waals surface area contributed by atoms with E-state index in [1.165, 1.54) is 0 Å². The van der Waals surface area contributed by atoms with Crippen LogP contribution >= 0.6 is 0 Å². The molecule has 0 saturated heterocycles. The molecule has 1 aliphatic rings. The molecule has 7 heteroatoms. The standard InChI is InChI=1S/C19H23N3O4/c1-13-4-2-6-15(10-13)25-9-8-20-17(23)12-26-19(24)16-7-3-5-14-11-21-22-18(14)16/h2,4,6,10-11,16H,3,5,7-9,12H2,1H3,(H,20,23)(H,21,22). The third-order valence-electron chi connectivity index (χ3n) is 4.35. The number of benzene rings is 1. The van der Waals surface area contributed by atoms with E-state index >= 15 is 0 Å². The van der Waals surface area contributed by atoms with Crippen LogP contribution < -0.4 is 10.1 Å². The number of carbonyl (C=O) groups is 2. The van der Waals surface area contributed by atoms with E-state index in [0.717, 1.165) is 35.4 Å². The molecule has 138 valence electrons. The highest BCUT2D eigenvalue weighted by atomic mass is 16.5. The number of ether oxygens (including phenoxy) is 2. The van der Waals surface area contributed by atoms with Crippen molar-refractivity contribution in [1.29, 1.82) is 0 Å². The van der Waals surface area contributed by atoms with Gasteiger partial charge in [0.2, 0.25) is 0 Å². The second-order valence-corrected chi connectivity index (χ2v) is 6.38. The van der Waals surface area contributed by atoms with Gasteiger partial charge in [-0.3, -0.25) is 14.7 Å². The van der Waals surface area contributed by atoms with E-state index in [-0.39, 0.29) is 24.4 Å². The zero-order chi connectivity index (χ0) is 18.4. The Morgan fingerprint density at radius 2 is 2.27 bits per heavy atom. The molecule has 0 fully saturated rings. The summed E-state index contributed by atoms with van der Waals surface area (Å²) in [6.45, 7) is 2.40. The number of nitrogens with zero attached hydrogens (tertiary/aromatic N) is 1. The van der Waals surface area contributed by atoms with E-state index in [9.17, 15) is 9.59 Å². The predicted molar refractivity (Wildman–Crippen MR) is 94.9 cm³/mol. The summed E-state index contributed by atoms with van der Waals surface area (Å²) in [6, 6.07) is 7.70. The average molecular weight is 357 g/mol. The van der Waals surface area contributed by atoms with Gasteiger partial charge in [-0.1, -0.05) is 12.1 Å². The maximum Gasteiger partial charge on any atom is 0.315 e. The van der Waals surface area contributed by atoms with Crippen molar-refractivity contribution in [1.82, 2.24) is 15.5 Å². The Morgan fingerprint density at radius 1 is 1.38 bits per heavy atom. The Bertz CT molecular complexity index is 772. The average Bonchev–Trinajstić information content (AvgIpc) is 3.12. The van der Waals surface area contributed by atoms with E-state index in [4.69, 9.17) is 9.47 Å². The molecule has 7 nitrogen and oxygen atoms in total. The molecule has 0 bridgehead atoms. The van der Waals surface area contributed by atoms with Crippen LogP contribution in [-0.2, 0) is 20.7 Å². The van der Waals surface area contributed by atoms with Crippen molar-refractivity contribution < 1.29 is 19.1 Å². The topological polar surface area (TPSA) is 93.3 Å². The van der Waals surface area contributed by atoms with Gasteiger partial charge in [0, 0.05) is 0 Å². The molecule has 1 heterocycles. The highest BCUT2D eigenvalue weighted by Gasteiger charge is 2.29. The predicted octanol–water partition coefficient (Wildman–Crippen LogP) is 1.88. The van der Waals surface area contributed by atoms with Gasteiger partial charge in [-0.2, -0.15) is 5.10 Å². The number of aromatic amines is 1. The van der Waals surface area contributed by atoms with E-state index in [0.29, 0.717) is 19.6 Å². The molecule has 1 amide bonds. The minimum atomic E-state index is -0.388. The number of rotatable bonds is 7. The summed E-state index contributed by atoms with van der Waals surface area (Å²) in [5.41, 5.74) is 2.98. The SMILES string of the molecule is Cc1cccc(OCCNC(=O)COC(=O)C2CCCc3cn[nH]c32)c1. The highest BCUT2D eigenvalue weighted by Crippen LogP contribution is 2.30. The zero-order valence-corrected chi connectivity index (χ0v) is 14.8. The highest BCUT2D eigenvalue weighted by molar-refractivity contribution is 5.83. The summed E-state index contributed by atoms with van der Waals surface area (Å²) in [7, 11) is 0. The number of hydrogen-bond donors (Lipinski definition) is 2. The Hall–Kier alpha value is -2.83. The molecule has 0 aliphatic heterocycles. The van der Waals surface area contributed by atoms with Gasteiger partial charge in [0.05, 0.1) is 24.4 Å². The number of aryl methyl sites for hydroxylation is 2. The summed E-state index contributed by atoms with van der Waals surface area (Å²) in [5, 5.41) is 9.53. The van der Waals surface area contributed by atoms with E-state index < -0.39 is 0 Å². The number of nitrogens with one attached hydrogen (secondary N) is 2. The third-order valence-corrected chi connectivity index (χ3v) is 4.35. The molecular weight excluding hydrogens is 334 g/mol. The molecule has 26 heavy (non-hydrogen) atoms. The van der Waals surface area contributed by atoms with Crippen LogP contribution in [0.3, 0.4) is 0 Å². The maximum absolute atomic E-state index is 12.2. The van der Waals surface area contributed by atoms with Gasteiger partial charge in [-0.05, 0) is 49.4 Å². The fraction of sp³-hybridized carbons (Fsp3) is 0.421. The molecule has 2 aromatic rings. The molecule has 1 atom stereocenters. The monoisotopic (exact) mass is 357 g/mol.